The molecule has 2 atom stereocenters. The second-order valence-electron chi connectivity index (χ2n) is 9.26. The number of rotatable bonds is 6. The van der Waals surface area contributed by atoms with Crippen LogP contribution in [0.4, 0.5) is 0 Å². The van der Waals surface area contributed by atoms with Gasteiger partial charge in [-0.25, -0.2) is 4.79 Å². The van der Waals surface area contributed by atoms with Gasteiger partial charge < -0.3 is 4.74 Å². The van der Waals surface area contributed by atoms with E-state index >= 15 is 0 Å². The maximum Gasteiger partial charge on any atom is 0.331 e. The fraction of sp³-hybridized carbons (Fsp3) is 0.0909. The molecule has 36 heavy (non-hydrogen) atoms. The van der Waals surface area contributed by atoms with E-state index < -0.39 is 17.5 Å². The van der Waals surface area contributed by atoms with Crippen molar-refractivity contribution < 1.29 is 14.3 Å². The number of fused-ring (bicyclic) bond motifs is 2. The summed E-state index contributed by atoms with van der Waals surface area (Å²) in [7, 11) is 0. The van der Waals surface area contributed by atoms with E-state index in [4.69, 9.17) is 4.74 Å². The predicted octanol–water partition coefficient (Wildman–Crippen LogP) is 7.36. The van der Waals surface area contributed by atoms with Crippen LogP contribution in [0.1, 0.15) is 33.8 Å². The molecule has 0 saturated carbocycles. The van der Waals surface area contributed by atoms with Crippen molar-refractivity contribution in [1.82, 2.24) is 0 Å². The normalized spacial score (nSPS) is 17.8. The molecule has 3 heteroatoms. The van der Waals surface area contributed by atoms with Crippen molar-refractivity contribution in [3.8, 4) is 0 Å². The zero-order chi connectivity index (χ0) is 24.5. The standard InChI is InChI=1S/C33H24O3/c34-31(28-17-15-24-9-5-7-11-26(24)21-28)22-30(27-16-14-23-8-4-6-10-25(23)20-27)33(19-18-32(35)36-33)29-12-2-1-3-13-29/h1-21,30H,22H2/t30-,33-/m1/s1. The highest BCUT2D eigenvalue weighted by Crippen LogP contribution is 2.47. The highest BCUT2D eigenvalue weighted by Gasteiger charge is 2.46. The van der Waals surface area contributed by atoms with Crippen LogP contribution >= 0.6 is 0 Å². The van der Waals surface area contributed by atoms with E-state index in [1.165, 1.54) is 6.08 Å². The summed E-state index contributed by atoms with van der Waals surface area (Å²) in [4.78, 5) is 26.3. The van der Waals surface area contributed by atoms with Gasteiger partial charge in [0.1, 0.15) is 0 Å². The molecule has 0 N–H and O–H groups in total. The van der Waals surface area contributed by atoms with E-state index in [0.717, 1.165) is 32.7 Å². The van der Waals surface area contributed by atoms with Crippen molar-refractivity contribution in [2.75, 3.05) is 0 Å². The zero-order valence-electron chi connectivity index (χ0n) is 19.6. The van der Waals surface area contributed by atoms with E-state index in [0.29, 0.717) is 5.56 Å². The van der Waals surface area contributed by atoms with Gasteiger partial charge in [0.05, 0.1) is 0 Å². The number of cyclic esters (lactones) is 1. The van der Waals surface area contributed by atoms with Gasteiger partial charge in [0.15, 0.2) is 11.4 Å². The zero-order valence-corrected chi connectivity index (χ0v) is 19.6. The summed E-state index contributed by atoms with van der Waals surface area (Å²) >= 11 is 0. The summed E-state index contributed by atoms with van der Waals surface area (Å²) in [6, 6.07) is 37.9. The number of ether oxygens (including phenoxy) is 1. The van der Waals surface area contributed by atoms with Gasteiger partial charge in [-0.15, -0.1) is 0 Å². The van der Waals surface area contributed by atoms with Crippen LogP contribution in [-0.4, -0.2) is 11.8 Å². The van der Waals surface area contributed by atoms with Crippen LogP contribution in [0.2, 0.25) is 0 Å². The molecule has 174 valence electrons. The lowest BCUT2D eigenvalue weighted by Gasteiger charge is -2.36. The van der Waals surface area contributed by atoms with Gasteiger partial charge in [0.2, 0.25) is 0 Å². The first-order valence-electron chi connectivity index (χ1n) is 12.1. The third kappa shape index (κ3) is 3.89. The monoisotopic (exact) mass is 468 g/mol. The number of Topliss-reactive ketones (excluding diaryl/α,β-unsaturated/α-hetero) is 1. The number of benzene rings is 5. The Hall–Kier alpha value is -4.50. The van der Waals surface area contributed by atoms with Crippen LogP contribution in [0.15, 0.2) is 127 Å². The van der Waals surface area contributed by atoms with Crippen LogP contribution in [0.25, 0.3) is 21.5 Å². The first-order chi connectivity index (χ1) is 17.6. The van der Waals surface area contributed by atoms with Crippen molar-refractivity contribution in [2.24, 2.45) is 0 Å². The van der Waals surface area contributed by atoms with Gasteiger partial charge in [0.25, 0.3) is 0 Å². The van der Waals surface area contributed by atoms with Crippen LogP contribution in [0, 0.1) is 0 Å². The van der Waals surface area contributed by atoms with E-state index in [2.05, 4.69) is 24.3 Å². The summed E-state index contributed by atoms with van der Waals surface area (Å²) < 4.78 is 6.07. The van der Waals surface area contributed by atoms with Gasteiger partial charge in [-0.05, 0) is 39.3 Å². The molecule has 0 fully saturated rings. The molecular formula is C33H24O3. The first kappa shape index (κ1) is 22.0. The Morgan fingerprint density at radius 2 is 1.31 bits per heavy atom. The van der Waals surface area contributed by atoms with Crippen LogP contribution in [-0.2, 0) is 15.1 Å². The lowest BCUT2D eigenvalue weighted by Crippen LogP contribution is -2.35. The maximum atomic E-state index is 13.8. The summed E-state index contributed by atoms with van der Waals surface area (Å²) in [5.41, 5.74) is 1.37. The summed E-state index contributed by atoms with van der Waals surface area (Å²) in [5.74, 6) is -0.806. The summed E-state index contributed by atoms with van der Waals surface area (Å²) in [5, 5.41) is 4.31. The summed E-state index contributed by atoms with van der Waals surface area (Å²) in [6.07, 6.45) is 3.48. The quantitative estimate of drug-likeness (QED) is 0.193. The molecule has 3 nitrogen and oxygen atoms in total. The molecule has 5 aromatic rings. The number of hydrogen-bond donors (Lipinski definition) is 0. The third-order valence-corrected chi connectivity index (χ3v) is 7.12. The minimum absolute atomic E-state index is 0.00515. The second kappa shape index (κ2) is 8.94. The van der Waals surface area contributed by atoms with Gasteiger partial charge in [-0.2, -0.15) is 0 Å². The van der Waals surface area contributed by atoms with Crippen molar-refractivity contribution in [1.29, 1.82) is 0 Å². The summed E-state index contributed by atoms with van der Waals surface area (Å²) in [6.45, 7) is 0. The number of hydrogen-bond acceptors (Lipinski definition) is 3. The van der Waals surface area contributed by atoms with Gasteiger partial charge in [-0.1, -0.05) is 109 Å². The second-order valence-corrected chi connectivity index (χ2v) is 9.26. The Balaban J connectivity index is 1.48. The van der Waals surface area contributed by atoms with Crippen LogP contribution in [0.3, 0.4) is 0 Å². The van der Waals surface area contributed by atoms with E-state index in [9.17, 15) is 9.59 Å². The number of carbonyl (C=O) groups is 2. The highest BCUT2D eigenvalue weighted by molar-refractivity contribution is 6.00. The topological polar surface area (TPSA) is 43.4 Å². The van der Waals surface area contributed by atoms with Gasteiger partial charge >= 0.3 is 5.97 Å². The molecule has 0 bridgehead atoms. The minimum atomic E-state index is -1.08. The number of carbonyl (C=O) groups excluding carboxylic acids is 2. The molecule has 1 aliphatic heterocycles. The Labute approximate surface area is 209 Å². The van der Waals surface area contributed by atoms with Crippen LogP contribution in [0.5, 0.6) is 0 Å². The van der Waals surface area contributed by atoms with Gasteiger partial charge in [0, 0.05) is 29.5 Å². The molecule has 0 aliphatic carbocycles. The molecule has 1 aliphatic rings. The molecular weight excluding hydrogens is 444 g/mol. The molecule has 0 saturated heterocycles. The van der Waals surface area contributed by atoms with Crippen molar-refractivity contribution >= 4 is 33.3 Å². The van der Waals surface area contributed by atoms with Crippen molar-refractivity contribution in [3.63, 3.8) is 0 Å². The van der Waals surface area contributed by atoms with E-state index in [1.54, 1.807) is 0 Å². The molecule has 0 radical (unpaired) electrons. The average Bonchev–Trinajstić information content (AvgIpc) is 3.34. The number of ketones is 1. The van der Waals surface area contributed by atoms with Gasteiger partial charge in [-0.3, -0.25) is 4.79 Å². The lowest BCUT2D eigenvalue weighted by atomic mass is 9.74. The Morgan fingerprint density at radius 3 is 1.97 bits per heavy atom. The molecule has 0 amide bonds. The minimum Gasteiger partial charge on any atom is -0.446 e. The third-order valence-electron chi connectivity index (χ3n) is 7.12. The smallest absolute Gasteiger partial charge is 0.331 e. The Bertz CT molecular complexity index is 1630. The molecule has 0 unspecified atom stereocenters. The van der Waals surface area contributed by atoms with Crippen molar-refractivity contribution in [3.05, 3.63) is 144 Å². The predicted molar refractivity (Wildman–Crippen MR) is 143 cm³/mol. The van der Waals surface area contributed by atoms with E-state index in [-0.39, 0.29) is 12.2 Å². The van der Waals surface area contributed by atoms with E-state index in [1.807, 2.05) is 97.1 Å². The molecule has 6 rings (SSSR count). The molecule has 0 spiro atoms. The Morgan fingerprint density at radius 1 is 0.694 bits per heavy atom. The fourth-order valence-corrected chi connectivity index (χ4v) is 5.28. The molecule has 5 aromatic carbocycles. The largest absolute Gasteiger partial charge is 0.446 e. The average molecular weight is 469 g/mol. The van der Waals surface area contributed by atoms with Crippen LogP contribution < -0.4 is 0 Å². The first-order valence-corrected chi connectivity index (χ1v) is 12.1. The molecule has 1 heterocycles. The Kier molecular flexibility index (Phi) is 5.46. The fourth-order valence-electron chi connectivity index (χ4n) is 5.28. The van der Waals surface area contributed by atoms with Crippen molar-refractivity contribution in [2.45, 2.75) is 17.9 Å². The lowest BCUT2D eigenvalue weighted by molar-refractivity contribution is -0.148. The number of esters is 1. The highest BCUT2D eigenvalue weighted by atomic mass is 16.6. The maximum absolute atomic E-state index is 13.8. The SMILES string of the molecule is O=C1C=C[C@@](c2ccccc2)([C@H](CC(=O)c2ccc3ccccc3c2)c2ccc3ccccc3c2)O1. The molecule has 0 aromatic heterocycles.